The Labute approximate surface area is 149 Å². The predicted octanol–water partition coefficient (Wildman–Crippen LogP) is 1.65. The Morgan fingerprint density at radius 3 is 2.56 bits per heavy atom. The van der Waals surface area contributed by atoms with Crippen molar-refractivity contribution in [2.24, 2.45) is 5.92 Å². The van der Waals surface area contributed by atoms with Crippen LogP contribution in [-0.4, -0.2) is 56.0 Å². The molecule has 2 saturated heterocycles. The zero-order valence-electron chi connectivity index (χ0n) is 15.0. The van der Waals surface area contributed by atoms with E-state index in [2.05, 4.69) is 17.3 Å². The summed E-state index contributed by atoms with van der Waals surface area (Å²) in [6.07, 6.45) is 2.24. The van der Waals surface area contributed by atoms with Crippen LogP contribution in [0.4, 0.5) is 5.69 Å². The Morgan fingerprint density at radius 1 is 1.24 bits per heavy atom. The quantitative estimate of drug-likeness (QED) is 0.881. The van der Waals surface area contributed by atoms with Crippen molar-refractivity contribution < 1.29 is 14.3 Å². The van der Waals surface area contributed by atoms with E-state index in [0.717, 1.165) is 37.4 Å². The molecule has 2 fully saturated rings. The fourth-order valence-electron chi connectivity index (χ4n) is 3.49. The molecule has 2 heterocycles. The van der Waals surface area contributed by atoms with Gasteiger partial charge in [0.05, 0.1) is 12.5 Å². The number of nitrogens with one attached hydrogen (secondary N) is 1. The zero-order valence-corrected chi connectivity index (χ0v) is 15.0. The van der Waals surface area contributed by atoms with E-state index in [1.54, 1.807) is 4.90 Å². The standard InChI is InChI=1S/C19H27N3O3/c1-3-25-17-6-4-16(5-7-17)22-13-14(12-18(22)23)19(24)20-15-8-10-21(2)11-9-15/h4-7,14-15H,3,8-13H2,1-2H3,(H,20,24). The number of benzene rings is 1. The molecule has 1 aromatic carbocycles. The van der Waals surface area contributed by atoms with Gasteiger partial charge >= 0.3 is 0 Å². The number of likely N-dealkylation sites (tertiary alicyclic amines) is 1. The smallest absolute Gasteiger partial charge is 0.227 e. The first kappa shape index (κ1) is 17.7. The summed E-state index contributed by atoms with van der Waals surface area (Å²) in [5.74, 6) is 0.539. The number of anilines is 1. The normalized spacial score (nSPS) is 22.2. The van der Waals surface area contributed by atoms with Crippen molar-refractivity contribution in [2.45, 2.75) is 32.2 Å². The van der Waals surface area contributed by atoms with Gasteiger partial charge in [0.2, 0.25) is 11.8 Å². The minimum atomic E-state index is -0.265. The van der Waals surface area contributed by atoms with Crippen molar-refractivity contribution in [3.63, 3.8) is 0 Å². The summed E-state index contributed by atoms with van der Waals surface area (Å²) in [7, 11) is 2.10. The summed E-state index contributed by atoms with van der Waals surface area (Å²) in [6.45, 7) is 5.01. The molecule has 0 saturated carbocycles. The average molecular weight is 345 g/mol. The van der Waals surface area contributed by atoms with Crippen LogP contribution in [0.25, 0.3) is 0 Å². The molecule has 1 atom stereocenters. The molecular weight excluding hydrogens is 318 g/mol. The van der Waals surface area contributed by atoms with Gasteiger partial charge in [-0.2, -0.15) is 0 Å². The van der Waals surface area contributed by atoms with Crippen LogP contribution in [0, 0.1) is 5.92 Å². The molecule has 6 heteroatoms. The van der Waals surface area contributed by atoms with Gasteiger partial charge in [-0.25, -0.2) is 0 Å². The van der Waals surface area contributed by atoms with Crippen LogP contribution in [0.1, 0.15) is 26.2 Å². The molecule has 0 aromatic heterocycles. The Balaban J connectivity index is 1.57. The molecule has 1 aromatic rings. The number of hydrogen-bond acceptors (Lipinski definition) is 4. The van der Waals surface area contributed by atoms with Gasteiger partial charge in [-0.15, -0.1) is 0 Å². The zero-order chi connectivity index (χ0) is 17.8. The SMILES string of the molecule is CCOc1ccc(N2CC(C(=O)NC3CCN(C)CC3)CC2=O)cc1. The lowest BCUT2D eigenvalue weighted by molar-refractivity contribution is -0.127. The Morgan fingerprint density at radius 2 is 1.92 bits per heavy atom. The third-order valence-corrected chi connectivity index (χ3v) is 5.02. The third kappa shape index (κ3) is 4.31. The summed E-state index contributed by atoms with van der Waals surface area (Å²) in [6, 6.07) is 7.70. The second-order valence-corrected chi connectivity index (χ2v) is 6.92. The topological polar surface area (TPSA) is 61.9 Å². The number of carbonyl (C=O) groups is 2. The molecule has 25 heavy (non-hydrogen) atoms. The van der Waals surface area contributed by atoms with Crippen molar-refractivity contribution in [1.29, 1.82) is 0 Å². The molecule has 3 rings (SSSR count). The van der Waals surface area contributed by atoms with Crippen LogP contribution in [0.2, 0.25) is 0 Å². The van der Waals surface area contributed by atoms with Gasteiger partial charge in [-0.05, 0) is 64.2 Å². The number of carbonyl (C=O) groups excluding carboxylic acids is 2. The highest BCUT2D eigenvalue weighted by Crippen LogP contribution is 2.27. The minimum absolute atomic E-state index is 0.00712. The van der Waals surface area contributed by atoms with Gasteiger partial charge in [0.15, 0.2) is 0 Å². The summed E-state index contributed by atoms with van der Waals surface area (Å²) in [5, 5.41) is 3.14. The first-order valence-corrected chi connectivity index (χ1v) is 9.09. The van der Waals surface area contributed by atoms with Crippen LogP contribution in [0.5, 0.6) is 5.75 Å². The monoisotopic (exact) mass is 345 g/mol. The molecule has 0 aliphatic carbocycles. The highest BCUT2D eigenvalue weighted by Gasteiger charge is 2.36. The molecular formula is C19H27N3O3. The first-order valence-electron chi connectivity index (χ1n) is 9.09. The maximum absolute atomic E-state index is 12.5. The van der Waals surface area contributed by atoms with Crippen molar-refractivity contribution in [2.75, 3.05) is 38.2 Å². The van der Waals surface area contributed by atoms with Crippen LogP contribution >= 0.6 is 0 Å². The molecule has 2 aliphatic rings. The maximum Gasteiger partial charge on any atom is 0.227 e. The van der Waals surface area contributed by atoms with Gasteiger partial charge in [-0.3, -0.25) is 9.59 Å². The minimum Gasteiger partial charge on any atom is -0.494 e. The summed E-state index contributed by atoms with van der Waals surface area (Å²) in [5.41, 5.74) is 0.822. The van der Waals surface area contributed by atoms with E-state index in [9.17, 15) is 9.59 Å². The van der Waals surface area contributed by atoms with Gasteiger partial charge in [0, 0.05) is 24.7 Å². The number of piperidine rings is 1. The summed E-state index contributed by atoms with van der Waals surface area (Å²) < 4.78 is 5.43. The molecule has 1 N–H and O–H groups in total. The fourth-order valence-corrected chi connectivity index (χ4v) is 3.49. The second-order valence-electron chi connectivity index (χ2n) is 6.92. The molecule has 0 spiro atoms. The number of ether oxygens (including phenoxy) is 1. The fraction of sp³-hybridized carbons (Fsp3) is 0.579. The molecule has 2 amide bonds. The van der Waals surface area contributed by atoms with Crippen LogP contribution in [0.15, 0.2) is 24.3 Å². The molecule has 0 radical (unpaired) electrons. The van der Waals surface area contributed by atoms with E-state index in [-0.39, 0.29) is 30.2 Å². The lowest BCUT2D eigenvalue weighted by Gasteiger charge is -2.30. The van der Waals surface area contributed by atoms with E-state index in [0.29, 0.717) is 13.2 Å². The van der Waals surface area contributed by atoms with Crippen LogP contribution in [0.3, 0.4) is 0 Å². The highest BCUT2D eigenvalue weighted by atomic mass is 16.5. The molecule has 6 nitrogen and oxygen atoms in total. The highest BCUT2D eigenvalue weighted by molar-refractivity contribution is 6.00. The van der Waals surface area contributed by atoms with Gasteiger partial charge < -0.3 is 19.9 Å². The van der Waals surface area contributed by atoms with E-state index in [4.69, 9.17) is 4.74 Å². The average Bonchev–Trinajstić information content (AvgIpc) is 3.00. The van der Waals surface area contributed by atoms with Gasteiger partial charge in [0.25, 0.3) is 0 Å². The molecule has 1 unspecified atom stereocenters. The van der Waals surface area contributed by atoms with E-state index in [1.165, 1.54) is 0 Å². The lowest BCUT2D eigenvalue weighted by Crippen LogP contribution is -2.45. The largest absolute Gasteiger partial charge is 0.494 e. The van der Waals surface area contributed by atoms with E-state index in [1.807, 2.05) is 31.2 Å². The van der Waals surface area contributed by atoms with Crippen molar-refractivity contribution >= 4 is 17.5 Å². The number of rotatable bonds is 5. The van der Waals surface area contributed by atoms with Crippen molar-refractivity contribution in [3.05, 3.63) is 24.3 Å². The van der Waals surface area contributed by atoms with Crippen LogP contribution in [-0.2, 0) is 9.59 Å². The van der Waals surface area contributed by atoms with Gasteiger partial charge in [0.1, 0.15) is 5.75 Å². The lowest BCUT2D eigenvalue weighted by atomic mass is 10.0. The molecule has 2 aliphatic heterocycles. The Kier molecular flexibility index (Phi) is 5.58. The maximum atomic E-state index is 12.5. The third-order valence-electron chi connectivity index (χ3n) is 5.02. The van der Waals surface area contributed by atoms with Crippen LogP contribution < -0.4 is 15.0 Å². The first-order chi connectivity index (χ1) is 12.1. The predicted molar refractivity (Wildman–Crippen MR) is 96.7 cm³/mol. The number of nitrogens with zero attached hydrogens (tertiary/aromatic N) is 2. The van der Waals surface area contributed by atoms with E-state index >= 15 is 0 Å². The molecule has 136 valence electrons. The van der Waals surface area contributed by atoms with Crippen molar-refractivity contribution in [1.82, 2.24) is 10.2 Å². The van der Waals surface area contributed by atoms with Crippen molar-refractivity contribution in [3.8, 4) is 5.75 Å². The second kappa shape index (κ2) is 7.87. The summed E-state index contributed by atoms with van der Waals surface area (Å²) >= 11 is 0. The summed E-state index contributed by atoms with van der Waals surface area (Å²) in [4.78, 5) is 28.9. The van der Waals surface area contributed by atoms with Gasteiger partial charge in [-0.1, -0.05) is 0 Å². The van der Waals surface area contributed by atoms with E-state index < -0.39 is 0 Å². The number of hydrogen-bond donors (Lipinski definition) is 1. The Bertz CT molecular complexity index is 609. The molecule has 0 bridgehead atoms. The number of amides is 2. The Hall–Kier alpha value is -2.08.